The molecule has 3 unspecified atom stereocenters. The Balaban J connectivity index is 2.41. The third-order valence-corrected chi connectivity index (χ3v) is 14.2. The van der Waals surface area contributed by atoms with Crippen molar-refractivity contribution in [2.45, 2.75) is 15.6 Å². The summed E-state index contributed by atoms with van der Waals surface area (Å²) in [5, 5.41) is 4.16. The SMILES string of the molecule is SCSC1CC(SCS)[SH](SCS)CS1. The molecule has 0 aromatic rings. The number of thioether (sulfide) groups is 3. The van der Waals surface area contributed by atoms with Crippen molar-refractivity contribution in [3.8, 4) is 0 Å². The minimum Gasteiger partial charge on any atom is -0.182 e. The molecule has 1 saturated heterocycles. The van der Waals surface area contributed by atoms with Gasteiger partial charge in [-0.25, -0.2) is 0 Å². The van der Waals surface area contributed by atoms with Gasteiger partial charge in [-0.2, -0.15) is 47.8 Å². The Hall–Kier alpha value is 2.80. The zero-order chi connectivity index (χ0) is 11.1. The fourth-order valence-corrected chi connectivity index (χ4v) is 15.2. The van der Waals surface area contributed by atoms with E-state index >= 15 is 0 Å². The van der Waals surface area contributed by atoms with Crippen LogP contribution < -0.4 is 0 Å². The molecule has 0 aromatic carbocycles. The second kappa shape index (κ2) is 9.69. The maximum atomic E-state index is 4.34. The Bertz CT molecular complexity index is 165. The molecule has 1 fully saturated rings. The van der Waals surface area contributed by atoms with Gasteiger partial charge in [-0.1, -0.05) is 0 Å². The Morgan fingerprint density at radius 2 is 1.87 bits per heavy atom. The van der Waals surface area contributed by atoms with Crippen molar-refractivity contribution < 1.29 is 0 Å². The van der Waals surface area contributed by atoms with Crippen molar-refractivity contribution >= 4 is 93.9 Å². The average Bonchev–Trinajstić information content (AvgIpc) is 2.23. The van der Waals surface area contributed by atoms with Gasteiger partial charge >= 0.3 is 0 Å². The van der Waals surface area contributed by atoms with Gasteiger partial charge < -0.3 is 0 Å². The highest BCUT2D eigenvalue weighted by Crippen LogP contribution is 2.59. The maximum absolute atomic E-state index is 4.34. The minimum absolute atomic E-state index is 0.101. The monoisotopic (exact) mass is 356 g/mol. The molecule has 0 spiro atoms. The van der Waals surface area contributed by atoms with Gasteiger partial charge in [0.1, 0.15) is 0 Å². The van der Waals surface area contributed by atoms with E-state index < -0.39 is 0 Å². The standard InChI is InChI=1S/C7H16S8/c8-2-11-6-1-7(12-3-9)15(5-13-6)14-4-10/h6-10,15H,1-5H2. The Morgan fingerprint density at radius 1 is 1.13 bits per heavy atom. The molecule has 0 bridgehead atoms. The van der Waals surface area contributed by atoms with Gasteiger partial charge in [0.25, 0.3) is 0 Å². The maximum Gasteiger partial charge on any atom is 0.0536 e. The topological polar surface area (TPSA) is 0 Å². The first-order valence-electron chi connectivity index (χ1n) is 4.38. The zero-order valence-electron chi connectivity index (χ0n) is 8.11. The fourth-order valence-electron chi connectivity index (χ4n) is 1.22. The van der Waals surface area contributed by atoms with Gasteiger partial charge in [0.05, 0.1) is 4.58 Å². The first kappa shape index (κ1) is 15.9. The number of thiol groups is 4. The summed E-state index contributed by atoms with van der Waals surface area (Å²) in [7, 11) is 2.15. The van der Waals surface area contributed by atoms with E-state index in [2.05, 4.69) is 49.6 Å². The first-order valence-corrected chi connectivity index (χ1v) is 12.6. The molecule has 0 nitrogen and oxygen atoms in total. The van der Waals surface area contributed by atoms with E-state index in [0.29, 0.717) is 0 Å². The lowest BCUT2D eigenvalue weighted by Gasteiger charge is -2.37. The van der Waals surface area contributed by atoms with Gasteiger partial charge in [0.2, 0.25) is 0 Å². The highest BCUT2D eigenvalue weighted by molar-refractivity contribution is 8.89. The lowest BCUT2D eigenvalue weighted by molar-refractivity contribution is 1.02. The molecule has 1 aliphatic heterocycles. The molecule has 0 saturated carbocycles. The van der Waals surface area contributed by atoms with Crippen LogP contribution in [0.3, 0.4) is 0 Å². The molecule has 1 rings (SSSR count). The van der Waals surface area contributed by atoms with Crippen LogP contribution in [0, 0.1) is 0 Å². The van der Waals surface area contributed by atoms with Crippen molar-refractivity contribution in [1.82, 2.24) is 0 Å². The van der Waals surface area contributed by atoms with Gasteiger partial charge in [-0.3, -0.25) is 0 Å². The predicted octanol–water partition coefficient (Wildman–Crippen LogP) is 4.51. The van der Waals surface area contributed by atoms with Gasteiger partial charge in [-0.15, -0.1) is 46.1 Å². The normalized spacial score (nSPS) is 34.2. The van der Waals surface area contributed by atoms with Crippen molar-refractivity contribution in [3.05, 3.63) is 0 Å². The van der Waals surface area contributed by atoms with E-state index in [0.717, 1.165) is 24.4 Å². The molecule has 92 valence electrons. The summed E-state index contributed by atoms with van der Waals surface area (Å²) in [6.07, 6.45) is 1.31. The molecule has 0 amide bonds. The lowest BCUT2D eigenvalue weighted by Crippen LogP contribution is -2.17. The lowest BCUT2D eigenvalue weighted by atomic mass is 10.5. The van der Waals surface area contributed by atoms with Crippen molar-refractivity contribution in [3.63, 3.8) is 0 Å². The second-order valence-electron chi connectivity index (χ2n) is 2.68. The molecule has 15 heavy (non-hydrogen) atoms. The summed E-state index contributed by atoms with van der Waals surface area (Å²) < 4.78 is 1.56. The van der Waals surface area contributed by atoms with Crippen LogP contribution in [0.15, 0.2) is 0 Å². The average molecular weight is 357 g/mol. The molecule has 3 atom stereocenters. The second-order valence-corrected chi connectivity index (χ2v) is 14.1. The quantitative estimate of drug-likeness (QED) is 0.314. The van der Waals surface area contributed by atoms with Crippen molar-refractivity contribution in [2.75, 3.05) is 20.3 Å². The summed E-state index contributed by atoms with van der Waals surface area (Å²) in [5.74, 6) is 0. The molecule has 0 aliphatic carbocycles. The van der Waals surface area contributed by atoms with Crippen LogP contribution in [0.25, 0.3) is 0 Å². The fraction of sp³-hybridized carbons (Fsp3) is 1.00. The molecular formula is C7H16S8. The van der Waals surface area contributed by atoms with E-state index in [1.807, 2.05) is 34.3 Å². The van der Waals surface area contributed by atoms with Gasteiger partial charge in [0.15, 0.2) is 0 Å². The Kier molecular flexibility index (Phi) is 10.2. The molecule has 8 heteroatoms. The van der Waals surface area contributed by atoms with E-state index in [4.69, 9.17) is 0 Å². The molecule has 1 heterocycles. The van der Waals surface area contributed by atoms with Crippen LogP contribution in [0.5, 0.6) is 0 Å². The van der Waals surface area contributed by atoms with E-state index in [-0.39, 0.29) is 9.93 Å². The number of hydrogen-bond acceptors (Lipinski definition) is 7. The summed E-state index contributed by atoms with van der Waals surface area (Å²) >= 11 is 19.1. The Labute approximate surface area is 128 Å². The summed E-state index contributed by atoms with van der Waals surface area (Å²) in [6.45, 7) is 0. The minimum atomic E-state index is 0.101. The van der Waals surface area contributed by atoms with E-state index in [9.17, 15) is 0 Å². The molecule has 0 radical (unpaired) electrons. The van der Waals surface area contributed by atoms with Crippen LogP contribution in [0.1, 0.15) is 6.42 Å². The highest BCUT2D eigenvalue weighted by Gasteiger charge is 2.28. The summed E-state index contributed by atoms with van der Waals surface area (Å²) in [4.78, 5) is 0. The Morgan fingerprint density at radius 3 is 2.47 bits per heavy atom. The molecular weight excluding hydrogens is 341 g/mol. The van der Waals surface area contributed by atoms with Gasteiger partial charge in [-0.05, 0) is 6.42 Å². The smallest absolute Gasteiger partial charge is 0.0536 e. The zero-order valence-corrected chi connectivity index (χ0v) is 15.0. The number of hydrogen-bond donors (Lipinski definition) is 4. The van der Waals surface area contributed by atoms with E-state index in [1.165, 1.54) is 11.5 Å². The van der Waals surface area contributed by atoms with E-state index in [1.54, 1.807) is 0 Å². The molecule has 1 aliphatic rings. The van der Waals surface area contributed by atoms with Crippen LogP contribution in [0.2, 0.25) is 0 Å². The van der Waals surface area contributed by atoms with Gasteiger partial charge in [0, 0.05) is 24.9 Å². The third-order valence-electron chi connectivity index (χ3n) is 1.85. The number of rotatable bonds is 6. The van der Waals surface area contributed by atoms with Crippen LogP contribution in [0.4, 0.5) is 0 Å². The van der Waals surface area contributed by atoms with Crippen LogP contribution in [-0.2, 0) is 0 Å². The van der Waals surface area contributed by atoms with Crippen LogP contribution in [-0.4, -0.2) is 29.5 Å². The molecule has 0 aromatic heterocycles. The largest absolute Gasteiger partial charge is 0.182 e. The molecule has 0 N–H and O–H groups in total. The predicted molar refractivity (Wildman–Crippen MR) is 98.0 cm³/mol. The van der Waals surface area contributed by atoms with Crippen molar-refractivity contribution in [2.24, 2.45) is 0 Å². The summed E-state index contributed by atoms with van der Waals surface area (Å²) in [6, 6.07) is 0. The van der Waals surface area contributed by atoms with Crippen LogP contribution >= 0.6 is 93.9 Å². The highest BCUT2D eigenvalue weighted by atomic mass is 33.1. The van der Waals surface area contributed by atoms with Crippen molar-refractivity contribution in [1.29, 1.82) is 0 Å². The summed E-state index contributed by atoms with van der Waals surface area (Å²) in [5.41, 5.74) is 0. The first-order chi connectivity index (χ1) is 7.31. The third kappa shape index (κ3) is 5.98.